The third kappa shape index (κ3) is 3.40. The first-order valence-electron chi connectivity index (χ1n) is 8.35. The maximum absolute atomic E-state index is 7.71. The average molecular weight is 574 g/mol. The molecule has 2 aliphatic carbocycles. The van der Waals surface area contributed by atoms with E-state index in [1.54, 1.807) is 6.66 Å². The van der Waals surface area contributed by atoms with Crippen molar-refractivity contribution in [2.45, 2.75) is 60.1 Å². The fraction of sp³-hybridized carbons (Fsp3) is 0.579. The van der Waals surface area contributed by atoms with Gasteiger partial charge in [0.2, 0.25) is 0 Å². The number of hydrogen-bond acceptors (Lipinski definition) is 0. The second-order valence-corrected chi connectivity index (χ2v) is 51.6. The minimum absolute atomic E-state index is 0. The SMILES string of the molecule is CC1=C(C)C(C)[C]([Hf]([CH3])(=[SiH2])([Cl])[C]2=C(C)C(C)=C(C)C2C)=C1C.Cl.Cl. The van der Waals surface area contributed by atoms with Crippen molar-refractivity contribution >= 4 is 40.3 Å². The van der Waals surface area contributed by atoms with Crippen molar-refractivity contribution in [1.82, 2.24) is 0 Å². The van der Waals surface area contributed by atoms with Crippen LogP contribution in [0.1, 0.15) is 55.4 Å². The van der Waals surface area contributed by atoms with Crippen LogP contribution in [0.4, 0.5) is 0 Å². The zero-order valence-corrected chi connectivity index (χ0v) is 24.0. The Morgan fingerprint density at radius 2 is 0.958 bits per heavy atom. The Bertz CT molecular complexity index is 701. The number of hydrogen-bond donors (Lipinski definition) is 0. The molecular formula is C19H33Cl3HfSi. The molecule has 138 valence electrons. The maximum atomic E-state index is 7.71. The molecule has 0 heterocycles. The second kappa shape index (κ2) is 7.50. The van der Waals surface area contributed by atoms with Crippen molar-refractivity contribution in [3.05, 3.63) is 40.1 Å². The van der Waals surface area contributed by atoms with Gasteiger partial charge in [0.15, 0.2) is 0 Å². The van der Waals surface area contributed by atoms with Gasteiger partial charge in [-0.15, -0.1) is 24.8 Å². The molecule has 0 saturated carbocycles. The summed E-state index contributed by atoms with van der Waals surface area (Å²) in [6.45, 7) is 20.6. The number of allylic oxidation sites excluding steroid dienone is 8. The van der Waals surface area contributed by atoms with Gasteiger partial charge in [-0.25, -0.2) is 0 Å². The third-order valence-electron chi connectivity index (χ3n) is 6.67. The summed E-state index contributed by atoms with van der Waals surface area (Å²) >= 11 is -3.77. The first-order valence-corrected chi connectivity index (χ1v) is 28.3. The number of rotatable bonds is 2. The molecule has 2 atom stereocenters. The van der Waals surface area contributed by atoms with Gasteiger partial charge in [-0.05, 0) is 0 Å². The van der Waals surface area contributed by atoms with E-state index >= 15 is 0 Å². The van der Waals surface area contributed by atoms with Crippen LogP contribution in [0.3, 0.4) is 0 Å². The summed E-state index contributed by atoms with van der Waals surface area (Å²) in [5.74, 6) is 1.04. The molecule has 2 rings (SSSR count). The Hall–Kier alpha value is 0.917. The van der Waals surface area contributed by atoms with Gasteiger partial charge >= 0.3 is 143 Å². The third-order valence-corrected chi connectivity index (χ3v) is 32.1. The van der Waals surface area contributed by atoms with Crippen molar-refractivity contribution in [3.63, 3.8) is 0 Å². The fourth-order valence-corrected chi connectivity index (χ4v) is 38.3. The molecule has 24 heavy (non-hydrogen) atoms. The molecule has 0 aromatic rings. The van der Waals surface area contributed by atoms with Crippen LogP contribution in [-0.4, -0.2) is 6.94 Å². The molecule has 2 unspecified atom stereocenters. The minimum Gasteiger partial charge on any atom is -0.147 e. The van der Waals surface area contributed by atoms with Gasteiger partial charge in [-0.1, -0.05) is 0 Å². The zero-order valence-electron chi connectivity index (χ0n) is 16.6. The predicted octanol–water partition coefficient (Wildman–Crippen LogP) is 6.79. The Morgan fingerprint density at radius 3 is 1.12 bits per heavy atom. The fourth-order valence-electron chi connectivity index (χ4n) is 4.96. The van der Waals surface area contributed by atoms with Gasteiger partial charge in [0.05, 0.1) is 0 Å². The zero-order chi connectivity index (χ0) is 17.2. The molecule has 0 saturated heterocycles. The van der Waals surface area contributed by atoms with Crippen LogP contribution in [0.2, 0.25) is 4.68 Å². The molecule has 0 amide bonds. The quantitative estimate of drug-likeness (QED) is 0.319. The standard InChI is InChI=1S/2C9H13.CH3.3ClH.Hf.H2Si/c2*1-6-5-7(2)9(4)8(6)3;;;;;;/h2*6H,1-4H3;1H3;3*1H;;1H2/q;;;;;;+1;/p-1. The molecule has 0 N–H and O–H groups in total. The molecular weight excluding hydrogens is 541 g/mol. The van der Waals surface area contributed by atoms with E-state index in [2.05, 4.69) is 67.0 Å². The van der Waals surface area contributed by atoms with Crippen LogP contribution in [-0.2, 0) is 15.9 Å². The largest absolute Gasteiger partial charge is 0.147 e. The van der Waals surface area contributed by atoms with E-state index in [4.69, 9.17) is 8.58 Å². The van der Waals surface area contributed by atoms with Crippen LogP contribution in [0.25, 0.3) is 0 Å². The van der Waals surface area contributed by atoms with E-state index in [0.717, 1.165) is 0 Å². The van der Waals surface area contributed by atoms with Crippen LogP contribution >= 0.6 is 33.4 Å². The monoisotopic (exact) mass is 574 g/mol. The molecule has 2 aliphatic rings. The Kier molecular flexibility index (Phi) is 7.79. The summed E-state index contributed by atoms with van der Waals surface area (Å²) in [5.41, 5.74) is 8.98. The van der Waals surface area contributed by atoms with Gasteiger partial charge in [0.25, 0.3) is 0 Å². The molecule has 0 aromatic carbocycles. The summed E-state index contributed by atoms with van der Waals surface area (Å²) in [4.78, 5) is 0. The van der Waals surface area contributed by atoms with Gasteiger partial charge in [-0.2, -0.15) is 0 Å². The molecule has 0 nitrogen and oxygen atoms in total. The normalized spacial score (nSPS) is 25.5. The molecule has 0 aliphatic heterocycles. The molecule has 0 fully saturated rings. The van der Waals surface area contributed by atoms with Crippen molar-refractivity contribution in [2.24, 2.45) is 11.8 Å². The van der Waals surface area contributed by atoms with Crippen molar-refractivity contribution in [3.8, 4) is 0 Å². The van der Waals surface area contributed by atoms with Gasteiger partial charge < -0.3 is 0 Å². The Labute approximate surface area is 167 Å². The summed E-state index contributed by atoms with van der Waals surface area (Å²) in [7, 11) is 7.71. The Morgan fingerprint density at radius 1 is 0.708 bits per heavy atom. The van der Waals surface area contributed by atoms with Crippen LogP contribution in [0.15, 0.2) is 40.1 Å². The topological polar surface area (TPSA) is 0 Å². The van der Waals surface area contributed by atoms with E-state index in [1.165, 1.54) is 33.4 Å². The first-order chi connectivity index (χ1) is 9.81. The summed E-state index contributed by atoms with van der Waals surface area (Å²) in [6, 6.07) is 0. The van der Waals surface area contributed by atoms with E-state index < -0.39 is 15.9 Å². The van der Waals surface area contributed by atoms with E-state index in [-0.39, 0.29) is 24.8 Å². The van der Waals surface area contributed by atoms with Gasteiger partial charge in [-0.3, -0.25) is 0 Å². The van der Waals surface area contributed by atoms with Crippen molar-refractivity contribution < 1.29 is 15.9 Å². The molecule has 0 aromatic heterocycles. The summed E-state index contributed by atoms with van der Waals surface area (Å²) < 4.78 is 5.70. The molecule has 0 bridgehead atoms. The van der Waals surface area contributed by atoms with Crippen molar-refractivity contribution in [1.29, 1.82) is 0 Å². The predicted molar refractivity (Wildman–Crippen MR) is 115 cm³/mol. The Balaban J connectivity index is 0.00000264. The van der Waals surface area contributed by atoms with E-state index in [1.807, 2.05) is 0 Å². The summed E-state index contributed by atoms with van der Waals surface area (Å²) in [5, 5.41) is 0. The number of halogens is 3. The smallest absolute Gasteiger partial charge is 0.147 e. The van der Waals surface area contributed by atoms with E-state index in [9.17, 15) is 0 Å². The molecule has 0 spiro atoms. The van der Waals surface area contributed by atoms with Gasteiger partial charge in [0.1, 0.15) is 0 Å². The maximum Gasteiger partial charge on any atom is -0.147 e. The van der Waals surface area contributed by atoms with Crippen LogP contribution < -0.4 is 0 Å². The molecule has 0 radical (unpaired) electrons. The second-order valence-electron chi connectivity index (χ2n) is 7.98. The van der Waals surface area contributed by atoms with Gasteiger partial charge in [0, 0.05) is 0 Å². The average Bonchev–Trinajstić information content (AvgIpc) is 2.71. The van der Waals surface area contributed by atoms with Crippen LogP contribution in [0, 0.1) is 11.8 Å². The van der Waals surface area contributed by atoms with Crippen molar-refractivity contribution in [2.75, 3.05) is 0 Å². The summed E-state index contributed by atoms with van der Waals surface area (Å²) in [6.07, 6.45) is 0. The molecule has 5 heteroatoms. The van der Waals surface area contributed by atoms with E-state index in [0.29, 0.717) is 11.8 Å². The minimum atomic E-state index is -3.77. The van der Waals surface area contributed by atoms with Crippen LogP contribution in [0.5, 0.6) is 0 Å². The first kappa shape index (κ1) is 24.9.